The van der Waals surface area contributed by atoms with Gasteiger partial charge in [-0.15, -0.1) is 0 Å². The Kier molecular flexibility index (Phi) is 6.70. The first kappa shape index (κ1) is 19.4. The van der Waals surface area contributed by atoms with E-state index in [1.165, 1.54) is 7.11 Å². The molecule has 0 saturated heterocycles. The molecular weight excluding hydrogens is 356 g/mol. The summed E-state index contributed by atoms with van der Waals surface area (Å²) in [5.74, 6) is 0.902. The number of carbonyl (C=O) groups excluding carboxylic acids is 1. The van der Waals surface area contributed by atoms with Crippen molar-refractivity contribution in [3.63, 3.8) is 0 Å². The molecule has 2 aromatic carbocycles. The number of nitrogens with zero attached hydrogens (tertiary/aromatic N) is 1. The molecule has 7 heteroatoms. The molecule has 0 fully saturated rings. The number of halogens is 1. The van der Waals surface area contributed by atoms with E-state index >= 15 is 0 Å². The molecule has 1 atom stereocenters. The fourth-order valence-corrected chi connectivity index (χ4v) is 2.37. The monoisotopic (exact) mass is 374 g/mol. The summed E-state index contributed by atoms with van der Waals surface area (Å²) < 4.78 is 16.4. The molecule has 6 nitrogen and oxygen atoms in total. The third-order valence-electron chi connectivity index (χ3n) is 3.47. The highest BCUT2D eigenvalue weighted by Crippen LogP contribution is 2.30. The zero-order chi connectivity index (χ0) is 19.1. The van der Waals surface area contributed by atoms with Crippen LogP contribution in [0, 0.1) is 11.3 Å². The molecule has 0 unspecified atom stereocenters. The van der Waals surface area contributed by atoms with Gasteiger partial charge in [0.05, 0.1) is 31.0 Å². The molecule has 2 rings (SSSR count). The van der Waals surface area contributed by atoms with E-state index in [-0.39, 0.29) is 5.91 Å². The number of nitrogens with one attached hydrogen (secondary N) is 1. The minimum absolute atomic E-state index is 0.377. The van der Waals surface area contributed by atoms with Crippen LogP contribution in [-0.4, -0.2) is 25.7 Å². The highest BCUT2D eigenvalue weighted by molar-refractivity contribution is 6.31. The molecular formula is C19H19ClN2O4. The van der Waals surface area contributed by atoms with Gasteiger partial charge < -0.3 is 19.5 Å². The number of nitriles is 1. The normalized spacial score (nSPS) is 11.2. The topological polar surface area (TPSA) is 80.6 Å². The summed E-state index contributed by atoms with van der Waals surface area (Å²) in [6.45, 7) is 3.84. The van der Waals surface area contributed by atoms with Gasteiger partial charge >= 0.3 is 0 Å². The van der Waals surface area contributed by atoms with Gasteiger partial charge in [0.2, 0.25) is 0 Å². The second-order valence-electron chi connectivity index (χ2n) is 5.30. The molecule has 0 aromatic heterocycles. The van der Waals surface area contributed by atoms with Crippen LogP contribution >= 0.6 is 11.6 Å². The van der Waals surface area contributed by atoms with Crippen molar-refractivity contribution >= 4 is 23.2 Å². The molecule has 0 spiro atoms. The van der Waals surface area contributed by atoms with Crippen LogP contribution in [-0.2, 0) is 4.79 Å². The first-order valence-electron chi connectivity index (χ1n) is 7.96. The number of anilines is 1. The third-order valence-corrected chi connectivity index (χ3v) is 3.70. The Bertz CT molecular complexity index is 833. The van der Waals surface area contributed by atoms with Crippen molar-refractivity contribution in [3.8, 4) is 23.3 Å². The summed E-state index contributed by atoms with van der Waals surface area (Å²) in [4.78, 5) is 12.5. The number of hydrogen-bond donors (Lipinski definition) is 1. The van der Waals surface area contributed by atoms with Gasteiger partial charge in [-0.2, -0.15) is 5.26 Å². The first-order chi connectivity index (χ1) is 12.5. The molecule has 0 aliphatic carbocycles. The average molecular weight is 375 g/mol. The van der Waals surface area contributed by atoms with E-state index in [0.29, 0.717) is 40.1 Å². The third kappa shape index (κ3) is 4.80. The molecule has 0 heterocycles. The molecule has 2 aromatic rings. The fourth-order valence-electron chi connectivity index (χ4n) is 2.20. The zero-order valence-electron chi connectivity index (χ0n) is 14.7. The predicted molar refractivity (Wildman–Crippen MR) is 99.0 cm³/mol. The molecule has 136 valence electrons. The lowest BCUT2D eigenvalue weighted by atomic mass is 10.2. The van der Waals surface area contributed by atoms with Crippen molar-refractivity contribution in [2.75, 3.05) is 19.0 Å². The standard InChI is InChI=1S/C19H19ClN2O4/c1-4-25-18-9-13(11-21)5-7-17(18)26-12(2)19(23)22-15-10-14(20)6-8-16(15)24-3/h5-10,12H,4H2,1-3H3,(H,22,23)/t12-/m1/s1. The lowest BCUT2D eigenvalue weighted by molar-refractivity contribution is -0.122. The van der Waals surface area contributed by atoms with Gasteiger partial charge in [0, 0.05) is 11.1 Å². The van der Waals surface area contributed by atoms with Crippen molar-refractivity contribution in [1.82, 2.24) is 0 Å². The molecule has 26 heavy (non-hydrogen) atoms. The Morgan fingerprint density at radius 2 is 1.96 bits per heavy atom. The van der Waals surface area contributed by atoms with Crippen molar-refractivity contribution in [3.05, 3.63) is 47.0 Å². The van der Waals surface area contributed by atoms with Crippen LogP contribution in [0.15, 0.2) is 36.4 Å². The maximum Gasteiger partial charge on any atom is 0.265 e. The van der Waals surface area contributed by atoms with Crippen LogP contribution in [0.1, 0.15) is 19.4 Å². The second kappa shape index (κ2) is 8.97. The number of rotatable bonds is 7. The van der Waals surface area contributed by atoms with E-state index in [1.54, 1.807) is 43.3 Å². The number of ether oxygens (including phenoxy) is 3. The number of benzene rings is 2. The van der Waals surface area contributed by atoms with Crippen molar-refractivity contribution in [1.29, 1.82) is 5.26 Å². The smallest absolute Gasteiger partial charge is 0.265 e. The van der Waals surface area contributed by atoms with Crippen LogP contribution in [0.2, 0.25) is 5.02 Å². The van der Waals surface area contributed by atoms with E-state index in [1.807, 2.05) is 13.0 Å². The highest BCUT2D eigenvalue weighted by atomic mass is 35.5. The SMILES string of the molecule is CCOc1cc(C#N)ccc1O[C@H](C)C(=O)Nc1cc(Cl)ccc1OC. The van der Waals surface area contributed by atoms with Gasteiger partial charge in [-0.25, -0.2) is 0 Å². The van der Waals surface area contributed by atoms with E-state index in [9.17, 15) is 4.79 Å². The highest BCUT2D eigenvalue weighted by Gasteiger charge is 2.19. The van der Waals surface area contributed by atoms with E-state index in [4.69, 9.17) is 31.1 Å². The van der Waals surface area contributed by atoms with Crippen molar-refractivity contribution in [2.45, 2.75) is 20.0 Å². The molecule has 0 aliphatic rings. The summed E-state index contributed by atoms with van der Waals surface area (Å²) in [6, 6.07) is 11.7. The van der Waals surface area contributed by atoms with E-state index in [0.717, 1.165) is 0 Å². The minimum Gasteiger partial charge on any atom is -0.495 e. The van der Waals surface area contributed by atoms with E-state index in [2.05, 4.69) is 5.32 Å². The Morgan fingerprint density at radius 1 is 1.23 bits per heavy atom. The quantitative estimate of drug-likeness (QED) is 0.791. The summed E-state index contributed by atoms with van der Waals surface area (Å²) in [5.41, 5.74) is 0.895. The summed E-state index contributed by atoms with van der Waals surface area (Å²) >= 11 is 5.97. The van der Waals surface area contributed by atoms with Gasteiger partial charge in [0.1, 0.15) is 5.75 Å². The van der Waals surface area contributed by atoms with Crippen LogP contribution in [0.3, 0.4) is 0 Å². The van der Waals surface area contributed by atoms with Crippen molar-refractivity contribution < 1.29 is 19.0 Å². The lowest BCUT2D eigenvalue weighted by Gasteiger charge is -2.18. The molecule has 0 radical (unpaired) electrons. The second-order valence-corrected chi connectivity index (χ2v) is 5.74. The first-order valence-corrected chi connectivity index (χ1v) is 8.34. The molecule has 0 aliphatic heterocycles. The molecule has 1 amide bonds. The Labute approximate surface area is 157 Å². The van der Waals surface area contributed by atoms with Gasteiger partial charge in [0.25, 0.3) is 5.91 Å². The Balaban J connectivity index is 2.15. The maximum atomic E-state index is 12.5. The van der Waals surface area contributed by atoms with Gasteiger partial charge in [-0.1, -0.05) is 11.6 Å². The minimum atomic E-state index is -0.814. The average Bonchev–Trinajstić information content (AvgIpc) is 2.63. The Hall–Kier alpha value is -2.91. The molecule has 0 bridgehead atoms. The maximum absolute atomic E-state index is 12.5. The molecule has 1 N–H and O–H groups in total. The fraction of sp³-hybridized carbons (Fsp3) is 0.263. The van der Waals surface area contributed by atoms with Gasteiger partial charge in [-0.05, 0) is 44.2 Å². The number of amides is 1. The van der Waals surface area contributed by atoms with Crippen LogP contribution < -0.4 is 19.5 Å². The van der Waals surface area contributed by atoms with Crippen LogP contribution in [0.4, 0.5) is 5.69 Å². The summed E-state index contributed by atoms with van der Waals surface area (Å²) in [6.07, 6.45) is -0.814. The summed E-state index contributed by atoms with van der Waals surface area (Å²) in [7, 11) is 1.50. The summed E-state index contributed by atoms with van der Waals surface area (Å²) in [5, 5.41) is 12.2. The Morgan fingerprint density at radius 3 is 2.62 bits per heavy atom. The lowest BCUT2D eigenvalue weighted by Crippen LogP contribution is -2.30. The van der Waals surface area contributed by atoms with Gasteiger partial charge in [0.15, 0.2) is 17.6 Å². The van der Waals surface area contributed by atoms with Crippen LogP contribution in [0.5, 0.6) is 17.2 Å². The molecule has 0 saturated carbocycles. The largest absolute Gasteiger partial charge is 0.495 e. The van der Waals surface area contributed by atoms with Gasteiger partial charge in [-0.3, -0.25) is 4.79 Å². The van der Waals surface area contributed by atoms with E-state index < -0.39 is 6.10 Å². The number of methoxy groups -OCH3 is 1. The van der Waals surface area contributed by atoms with Crippen molar-refractivity contribution in [2.24, 2.45) is 0 Å². The van der Waals surface area contributed by atoms with Crippen LogP contribution in [0.25, 0.3) is 0 Å². The predicted octanol–water partition coefficient (Wildman–Crippen LogP) is 4.02. The number of carbonyl (C=O) groups is 1. The number of hydrogen-bond acceptors (Lipinski definition) is 5. The zero-order valence-corrected chi connectivity index (χ0v) is 15.5.